The average Bonchev–Trinajstić information content (AvgIpc) is 3.54. The maximum absolute atomic E-state index is 12.9. The van der Waals surface area contributed by atoms with Crippen LogP contribution in [0.25, 0.3) is 11.3 Å². The Morgan fingerprint density at radius 3 is 2.92 bits per heavy atom. The summed E-state index contributed by atoms with van der Waals surface area (Å²) in [5.41, 5.74) is 4.16. The van der Waals surface area contributed by atoms with Crippen LogP contribution < -0.4 is 20.7 Å². The molecule has 0 spiro atoms. The molecule has 4 N–H and O–H groups in total. The lowest BCUT2D eigenvalue weighted by Gasteiger charge is -2.17. The smallest absolute Gasteiger partial charge is 0.255 e. The van der Waals surface area contributed by atoms with E-state index in [1.54, 1.807) is 25.6 Å². The Morgan fingerprint density at radius 2 is 2.17 bits per heavy atom. The number of H-pyrrole nitrogens is 1. The molecule has 0 bridgehead atoms. The summed E-state index contributed by atoms with van der Waals surface area (Å²) in [6.45, 7) is 4.06. The van der Waals surface area contributed by atoms with Gasteiger partial charge in [-0.15, -0.1) is 0 Å². The third-order valence-electron chi connectivity index (χ3n) is 6.22. The van der Waals surface area contributed by atoms with Crippen molar-refractivity contribution in [2.75, 3.05) is 19.0 Å². The van der Waals surface area contributed by atoms with E-state index in [-0.39, 0.29) is 11.8 Å². The number of carbonyl (C=O) groups excluding carboxylic acids is 2. The number of benzene rings is 1. The van der Waals surface area contributed by atoms with Crippen LogP contribution >= 0.6 is 11.6 Å². The fraction of sp³-hybridized carbons (Fsp3) is 0.222. The summed E-state index contributed by atoms with van der Waals surface area (Å²) in [6, 6.07) is 7.23. The van der Waals surface area contributed by atoms with Gasteiger partial charge in [-0.3, -0.25) is 14.6 Å². The minimum atomic E-state index is -0.553. The molecule has 2 amide bonds. The first-order chi connectivity index (χ1) is 17.4. The second-order valence-corrected chi connectivity index (χ2v) is 9.03. The molecule has 3 heterocycles. The molecule has 182 valence electrons. The highest BCUT2D eigenvalue weighted by atomic mass is 35.5. The lowest BCUT2D eigenvalue weighted by Crippen LogP contribution is -2.34. The predicted molar refractivity (Wildman–Crippen MR) is 139 cm³/mol. The molecular formula is C27H24ClN5O3. The van der Waals surface area contributed by atoms with E-state index in [0.29, 0.717) is 51.9 Å². The van der Waals surface area contributed by atoms with E-state index in [0.717, 1.165) is 24.1 Å². The van der Waals surface area contributed by atoms with Crippen molar-refractivity contribution in [3.8, 4) is 28.8 Å². The number of hydrogen-bond acceptors (Lipinski definition) is 5. The van der Waals surface area contributed by atoms with Crippen molar-refractivity contribution in [1.29, 1.82) is 0 Å². The van der Waals surface area contributed by atoms with Crippen LogP contribution in [0.5, 0.6) is 5.75 Å². The topological polar surface area (TPSA) is 108 Å². The average molecular weight is 502 g/mol. The highest BCUT2D eigenvalue weighted by Crippen LogP contribution is 2.41. The number of hydrogen-bond donors (Lipinski definition) is 4. The van der Waals surface area contributed by atoms with Gasteiger partial charge in [0.15, 0.2) is 5.75 Å². The van der Waals surface area contributed by atoms with Gasteiger partial charge in [-0.2, -0.15) is 0 Å². The van der Waals surface area contributed by atoms with Gasteiger partial charge in [0.25, 0.3) is 5.91 Å². The number of aromatic amines is 1. The molecule has 1 fully saturated rings. The normalized spacial score (nSPS) is 15.0. The fourth-order valence-electron chi connectivity index (χ4n) is 4.25. The minimum absolute atomic E-state index is 0.173. The molecule has 2 aromatic heterocycles. The lowest BCUT2D eigenvalue weighted by atomic mass is 10.0. The zero-order valence-electron chi connectivity index (χ0n) is 19.6. The summed E-state index contributed by atoms with van der Waals surface area (Å²) in [4.78, 5) is 32.5. The zero-order chi connectivity index (χ0) is 25.3. The number of ether oxygens (including phenoxy) is 1. The van der Waals surface area contributed by atoms with E-state index in [4.69, 9.17) is 16.3 Å². The summed E-state index contributed by atoms with van der Waals surface area (Å²) in [7, 11) is 1.54. The molecule has 0 saturated heterocycles. The first-order valence-electron chi connectivity index (χ1n) is 11.5. The van der Waals surface area contributed by atoms with Gasteiger partial charge >= 0.3 is 0 Å². The van der Waals surface area contributed by atoms with Crippen LogP contribution in [-0.2, 0) is 11.2 Å². The van der Waals surface area contributed by atoms with Crippen LogP contribution in [0.3, 0.4) is 0 Å². The van der Waals surface area contributed by atoms with E-state index in [1.807, 2.05) is 18.2 Å². The zero-order valence-corrected chi connectivity index (χ0v) is 20.4. The molecule has 0 unspecified atom stereocenters. The minimum Gasteiger partial charge on any atom is -0.493 e. The SMILES string of the molecule is C=CC(=O)NC1(C#Cc2cnccc2-c2[nH]c3c(c2Nc2cccc(Cl)c2OC)C(=O)NCC3)CC1. The summed E-state index contributed by atoms with van der Waals surface area (Å²) in [5.74, 6) is 6.46. The summed E-state index contributed by atoms with van der Waals surface area (Å²) < 4.78 is 5.51. The van der Waals surface area contributed by atoms with Crippen LogP contribution in [0.2, 0.25) is 5.02 Å². The maximum atomic E-state index is 12.9. The number of nitrogens with zero attached hydrogens (tertiary/aromatic N) is 1. The van der Waals surface area contributed by atoms with Crippen molar-refractivity contribution >= 4 is 34.8 Å². The van der Waals surface area contributed by atoms with Gasteiger partial charge in [0.1, 0.15) is 5.54 Å². The molecule has 8 nitrogen and oxygen atoms in total. The number of methoxy groups -OCH3 is 1. The summed E-state index contributed by atoms with van der Waals surface area (Å²) in [6.07, 6.45) is 6.80. The van der Waals surface area contributed by atoms with E-state index in [1.165, 1.54) is 6.08 Å². The Morgan fingerprint density at radius 1 is 1.33 bits per heavy atom. The van der Waals surface area contributed by atoms with Crippen LogP contribution in [-0.4, -0.2) is 41.0 Å². The maximum Gasteiger partial charge on any atom is 0.255 e. The molecule has 0 atom stereocenters. The quantitative estimate of drug-likeness (QED) is 0.302. The number of fused-ring (bicyclic) bond motifs is 1. The van der Waals surface area contributed by atoms with Crippen molar-refractivity contribution in [3.63, 3.8) is 0 Å². The van der Waals surface area contributed by atoms with Gasteiger partial charge in [0.05, 0.1) is 40.3 Å². The fourth-order valence-corrected chi connectivity index (χ4v) is 4.50. The standard InChI is InChI=1S/C27H24ClN5O3/c1-3-21(34)33-27(11-12-27)10-7-16-15-29-13-8-17(16)23-24(22-19(31-23)9-14-30-26(22)35)32-20-6-4-5-18(28)25(20)36-2/h3-6,8,13,15,31-32H,1,9,11-12,14H2,2H3,(H,30,35)(H,33,34). The highest BCUT2D eigenvalue weighted by Gasteiger charge is 2.42. The van der Waals surface area contributed by atoms with Gasteiger partial charge in [0, 0.05) is 36.6 Å². The number of amides is 2. The van der Waals surface area contributed by atoms with Crippen molar-refractivity contribution < 1.29 is 14.3 Å². The first-order valence-corrected chi connectivity index (χ1v) is 11.9. The largest absolute Gasteiger partial charge is 0.493 e. The molecule has 5 rings (SSSR count). The van der Waals surface area contributed by atoms with Crippen molar-refractivity contribution in [2.24, 2.45) is 0 Å². The molecule has 1 saturated carbocycles. The molecule has 36 heavy (non-hydrogen) atoms. The Kier molecular flexibility index (Phi) is 6.17. The second-order valence-electron chi connectivity index (χ2n) is 8.63. The van der Waals surface area contributed by atoms with Gasteiger partial charge < -0.3 is 25.7 Å². The summed E-state index contributed by atoms with van der Waals surface area (Å²) >= 11 is 6.35. The van der Waals surface area contributed by atoms with Crippen molar-refractivity contribution in [1.82, 2.24) is 20.6 Å². The van der Waals surface area contributed by atoms with Crippen molar-refractivity contribution in [2.45, 2.75) is 24.8 Å². The van der Waals surface area contributed by atoms with E-state index in [9.17, 15) is 9.59 Å². The predicted octanol–water partition coefficient (Wildman–Crippen LogP) is 3.95. The molecule has 1 aliphatic heterocycles. The third kappa shape index (κ3) is 4.41. The van der Waals surface area contributed by atoms with Crippen LogP contribution in [0, 0.1) is 11.8 Å². The number of anilines is 2. The second kappa shape index (κ2) is 9.44. The molecular weight excluding hydrogens is 478 g/mol. The Balaban J connectivity index is 1.61. The Bertz CT molecular complexity index is 1450. The Hall–Kier alpha value is -4.22. The lowest BCUT2D eigenvalue weighted by molar-refractivity contribution is -0.117. The van der Waals surface area contributed by atoms with Crippen LogP contribution in [0.4, 0.5) is 11.4 Å². The molecule has 1 aromatic carbocycles. The number of para-hydroxylation sites is 1. The third-order valence-corrected chi connectivity index (χ3v) is 6.52. The molecule has 9 heteroatoms. The molecule has 2 aliphatic rings. The van der Waals surface area contributed by atoms with Gasteiger partial charge in [-0.05, 0) is 37.1 Å². The number of rotatable bonds is 6. The first kappa shape index (κ1) is 23.5. The summed E-state index contributed by atoms with van der Waals surface area (Å²) in [5, 5.41) is 9.65. The molecule has 1 aliphatic carbocycles. The number of pyridine rings is 1. The van der Waals surface area contributed by atoms with Crippen LogP contribution in [0.1, 0.15) is 34.5 Å². The van der Waals surface area contributed by atoms with Gasteiger partial charge in [-0.1, -0.05) is 36.1 Å². The van der Waals surface area contributed by atoms with Gasteiger partial charge in [0.2, 0.25) is 5.91 Å². The Labute approximate surface area is 213 Å². The number of carbonyl (C=O) groups is 2. The number of aromatic nitrogens is 2. The van der Waals surface area contributed by atoms with E-state index in [2.05, 4.69) is 44.3 Å². The number of nitrogens with one attached hydrogen (secondary N) is 4. The van der Waals surface area contributed by atoms with Crippen LogP contribution in [0.15, 0.2) is 49.3 Å². The molecule has 0 radical (unpaired) electrons. The van der Waals surface area contributed by atoms with E-state index >= 15 is 0 Å². The van der Waals surface area contributed by atoms with Crippen molar-refractivity contribution in [3.05, 3.63) is 71.2 Å². The molecule has 3 aromatic rings. The highest BCUT2D eigenvalue weighted by molar-refractivity contribution is 6.32. The van der Waals surface area contributed by atoms with E-state index < -0.39 is 5.54 Å². The monoisotopic (exact) mass is 501 g/mol. The van der Waals surface area contributed by atoms with Gasteiger partial charge in [-0.25, -0.2) is 0 Å². The number of halogens is 1.